The van der Waals surface area contributed by atoms with E-state index in [2.05, 4.69) is 4.98 Å². The number of aromatic carboxylic acids is 1. The van der Waals surface area contributed by atoms with Crippen LogP contribution in [0.1, 0.15) is 26.4 Å². The molecule has 0 unspecified atom stereocenters. The summed E-state index contributed by atoms with van der Waals surface area (Å²) >= 11 is 0. The monoisotopic (exact) mass is 165 g/mol. The average molecular weight is 165 g/mol. The van der Waals surface area contributed by atoms with Crippen LogP contribution in [0.25, 0.3) is 0 Å². The molecule has 1 heterocycles. The van der Waals surface area contributed by atoms with Crippen LogP contribution in [-0.2, 0) is 0 Å². The second kappa shape index (κ2) is 3.13. The molecule has 1 rings (SSSR count). The minimum absolute atomic E-state index is 0.0955. The maximum Gasteiger partial charge on any atom is 0.337 e. The highest BCUT2D eigenvalue weighted by Crippen LogP contribution is 2.05. The normalized spacial score (nSPS) is 9.42. The van der Waals surface area contributed by atoms with Crippen molar-refractivity contribution in [2.24, 2.45) is 0 Å². The van der Waals surface area contributed by atoms with Gasteiger partial charge in [0.2, 0.25) is 0 Å². The first-order valence-corrected chi connectivity index (χ1v) is 3.30. The molecule has 0 fully saturated rings. The van der Waals surface area contributed by atoms with E-state index in [1.807, 2.05) is 0 Å². The highest BCUT2D eigenvalue weighted by atomic mass is 16.4. The van der Waals surface area contributed by atoms with Gasteiger partial charge in [-0.25, -0.2) is 4.79 Å². The first kappa shape index (κ1) is 8.39. The van der Waals surface area contributed by atoms with Crippen molar-refractivity contribution in [2.45, 2.75) is 6.92 Å². The van der Waals surface area contributed by atoms with Crippen LogP contribution in [0.5, 0.6) is 0 Å². The fourth-order valence-electron chi connectivity index (χ4n) is 0.826. The molecule has 0 aliphatic rings. The highest BCUT2D eigenvalue weighted by Gasteiger charge is 2.05. The molecule has 1 N–H and O–H groups in total. The molecule has 0 amide bonds. The zero-order chi connectivity index (χ0) is 9.14. The number of carboxylic acids is 1. The fourth-order valence-corrected chi connectivity index (χ4v) is 0.826. The van der Waals surface area contributed by atoms with E-state index in [4.69, 9.17) is 5.11 Å². The topological polar surface area (TPSA) is 67.3 Å². The number of carbonyl (C=O) groups excluding carboxylic acids is 1. The van der Waals surface area contributed by atoms with Gasteiger partial charge in [0.15, 0.2) is 6.29 Å². The molecule has 0 aliphatic carbocycles. The van der Waals surface area contributed by atoms with Crippen LogP contribution in [-0.4, -0.2) is 22.3 Å². The molecule has 0 aliphatic heterocycles. The summed E-state index contributed by atoms with van der Waals surface area (Å²) in [5.74, 6) is -1.04. The fraction of sp³-hybridized carbons (Fsp3) is 0.125. The van der Waals surface area contributed by atoms with Gasteiger partial charge in [0.25, 0.3) is 0 Å². The van der Waals surface area contributed by atoms with Crippen LogP contribution in [0.15, 0.2) is 12.3 Å². The van der Waals surface area contributed by atoms with Gasteiger partial charge in [-0.3, -0.25) is 9.78 Å². The summed E-state index contributed by atoms with van der Waals surface area (Å²) in [5.41, 5.74) is 0.947. The van der Waals surface area contributed by atoms with Crippen molar-refractivity contribution in [3.63, 3.8) is 0 Å². The summed E-state index contributed by atoms with van der Waals surface area (Å²) in [6, 6.07) is 1.42. The quantitative estimate of drug-likeness (QED) is 0.661. The summed E-state index contributed by atoms with van der Waals surface area (Å²) in [6.45, 7) is 1.64. The van der Waals surface area contributed by atoms with Crippen molar-refractivity contribution in [3.8, 4) is 0 Å². The molecule has 4 nitrogen and oxygen atoms in total. The average Bonchev–Trinajstić information content (AvgIpc) is 2.04. The number of pyridine rings is 1. The first-order valence-electron chi connectivity index (χ1n) is 3.30. The Morgan fingerprint density at radius 2 is 2.33 bits per heavy atom. The van der Waals surface area contributed by atoms with E-state index < -0.39 is 5.97 Å². The molecular formula is C8H7NO3. The third kappa shape index (κ3) is 1.47. The molecule has 62 valence electrons. The number of carboxylic acid groups (broad SMARTS) is 1. The smallest absolute Gasteiger partial charge is 0.337 e. The lowest BCUT2D eigenvalue weighted by Gasteiger charge is -1.97. The summed E-state index contributed by atoms with van der Waals surface area (Å²) in [7, 11) is 0. The van der Waals surface area contributed by atoms with Crippen LogP contribution in [0.4, 0.5) is 0 Å². The number of nitrogens with zero attached hydrogens (tertiary/aromatic N) is 1. The van der Waals surface area contributed by atoms with Crippen LogP contribution in [0, 0.1) is 6.92 Å². The Kier molecular flexibility index (Phi) is 2.19. The second-order valence-corrected chi connectivity index (χ2v) is 2.35. The van der Waals surface area contributed by atoms with E-state index >= 15 is 0 Å². The van der Waals surface area contributed by atoms with Gasteiger partial charge in [0.05, 0.1) is 5.56 Å². The van der Waals surface area contributed by atoms with Crippen LogP contribution >= 0.6 is 0 Å². The lowest BCUT2D eigenvalue weighted by molar-refractivity contribution is 0.0696. The Bertz CT molecular complexity index is 333. The summed E-state index contributed by atoms with van der Waals surface area (Å²) in [5, 5.41) is 8.54. The van der Waals surface area contributed by atoms with Crippen molar-refractivity contribution in [1.29, 1.82) is 0 Å². The maximum absolute atomic E-state index is 10.4. The van der Waals surface area contributed by atoms with E-state index in [0.717, 1.165) is 0 Å². The van der Waals surface area contributed by atoms with Crippen molar-refractivity contribution < 1.29 is 14.7 Å². The van der Waals surface area contributed by atoms with Crippen molar-refractivity contribution >= 4 is 12.3 Å². The second-order valence-electron chi connectivity index (χ2n) is 2.35. The third-order valence-corrected chi connectivity index (χ3v) is 1.48. The van der Waals surface area contributed by atoms with Crippen molar-refractivity contribution in [2.75, 3.05) is 0 Å². The van der Waals surface area contributed by atoms with Crippen molar-refractivity contribution in [1.82, 2.24) is 4.98 Å². The number of aromatic nitrogens is 1. The summed E-state index contributed by atoms with van der Waals surface area (Å²) in [6.07, 6.45) is 1.76. The summed E-state index contributed by atoms with van der Waals surface area (Å²) in [4.78, 5) is 24.4. The minimum Gasteiger partial charge on any atom is -0.478 e. The van der Waals surface area contributed by atoms with Crippen LogP contribution in [0.2, 0.25) is 0 Å². The van der Waals surface area contributed by atoms with Gasteiger partial charge in [-0.15, -0.1) is 0 Å². The molecule has 1 aromatic rings. The number of hydrogen-bond donors (Lipinski definition) is 1. The minimum atomic E-state index is -1.04. The SMILES string of the molecule is Cc1cc(C(=O)O)cnc1C=O. The predicted octanol–water partition coefficient (Wildman–Crippen LogP) is 0.901. The summed E-state index contributed by atoms with van der Waals surface area (Å²) < 4.78 is 0. The zero-order valence-electron chi connectivity index (χ0n) is 6.44. The Balaban J connectivity index is 3.18. The highest BCUT2D eigenvalue weighted by molar-refractivity contribution is 5.88. The molecule has 0 aromatic carbocycles. The first-order chi connectivity index (χ1) is 5.65. The molecule has 4 heteroatoms. The van der Waals surface area contributed by atoms with Gasteiger partial charge in [0, 0.05) is 6.20 Å². The van der Waals surface area contributed by atoms with Crippen LogP contribution < -0.4 is 0 Å². The number of carbonyl (C=O) groups is 2. The van der Waals surface area contributed by atoms with Gasteiger partial charge in [-0.2, -0.15) is 0 Å². The van der Waals surface area contributed by atoms with E-state index in [1.165, 1.54) is 12.3 Å². The lowest BCUT2D eigenvalue weighted by Crippen LogP contribution is -2.00. The maximum atomic E-state index is 10.4. The molecule has 0 atom stereocenters. The van der Waals surface area contributed by atoms with E-state index in [9.17, 15) is 9.59 Å². The molecule has 0 saturated carbocycles. The molecule has 0 spiro atoms. The van der Waals surface area contributed by atoms with Gasteiger partial charge in [-0.05, 0) is 18.6 Å². The van der Waals surface area contributed by atoms with Gasteiger partial charge in [0.1, 0.15) is 5.69 Å². The lowest BCUT2D eigenvalue weighted by atomic mass is 10.2. The number of aryl methyl sites for hydroxylation is 1. The van der Waals surface area contributed by atoms with Crippen molar-refractivity contribution in [3.05, 3.63) is 29.1 Å². The predicted molar refractivity (Wildman–Crippen MR) is 41.3 cm³/mol. The molecule has 0 saturated heterocycles. The molecule has 0 bridgehead atoms. The Labute approximate surface area is 68.9 Å². The number of hydrogen-bond acceptors (Lipinski definition) is 3. The standard InChI is InChI=1S/C8H7NO3/c1-5-2-6(8(11)12)3-9-7(5)4-10/h2-4H,1H3,(H,11,12). The number of aldehydes is 1. The molecule has 1 aromatic heterocycles. The Hall–Kier alpha value is -1.71. The van der Waals surface area contributed by atoms with Gasteiger partial charge < -0.3 is 5.11 Å². The zero-order valence-corrected chi connectivity index (χ0v) is 6.44. The number of rotatable bonds is 2. The van der Waals surface area contributed by atoms with Gasteiger partial charge >= 0.3 is 5.97 Å². The van der Waals surface area contributed by atoms with Crippen LogP contribution in [0.3, 0.4) is 0 Å². The molecule has 12 heavy (non-hydrogen) atoms. The van der Waals surface area contributed by atoms with Gasteiger partial charge in [-0.1, -0.05) is 0 Å². The van der Waals surface area contributed by atoms with E-state index in [0.29, 0.717) is 11.8 Å². The Morgan fingerprint density at radius 3 is 2.75 bits per heavy atom. The molecular weight excluding hydrogens is 158 g/mol. The molecule has 0 radical (unpaired) electrons. The Morgan fingerprint density at radius 1 is 1.67 bits per heavy atom. The van der Waals surface area contributed by atoms with E-state index in [1.54, 1.807) is 6.92 Å². The van der Waals surface area contributed by atoms with E-state index in [-0.39, 0.29) is 11.3 Å². The largest absolute Gasteiger partial charge is 0.478 e. The third-order valence-electron chi connectivity index (χ3n) is 1.48.